The third-order valence-corrected chi connectivity index (χ3v) is 3.96. The molecule has 0 aliphatic heterocycles. The van der Waals surface area contributed by atoms with Crippen LogP contribution in [0.1, 0.15) is 15.2 Å². The summed E-state index contributed by atoms with van der Waals surface area (Å²) in [5.41, 5.74) is 1.62. The van der Waals surface area contributed by atoms with Crippen molar-refractivity contribution in [3.8, 4) is 0 Å². The molecule has 5 heteroatoms. The van der Waals surface area contributed by atoms with E-state index in [-0.39, 0.29) is 5.91 Å². The van der Waals surface area contributed by atoms with Gasteiger partial charge in [0, 0.05) is 22.7 Å². The van der Waals surface area contributed by atoms with Gasteiger partial charge in [-0.3, -0.25) is 9.00 Å². The summed E-state index contributed by atoms with van der Waals surface area (Å²) < 4.78 is 11.3. The van der Waals surface area contributed by atoms with Crippen LogP contribution in [0.4, 0.5) is 5.69 Å². The van der Waals surface area contributed by atoms with Crippen LogP contribution in [0.5, 0.6) is 0 Å². The number of carbonyl (C=O) groups excluding carboxylic acids is 1. The molecule has 1 N–H and O–H groups in total. The van der Waals surface area contributed by atoms with E-state index in [1.54, 1.807) is 12.3 Å². The van der Waals surface area contributed by atoms with E-state index in [0.29, 0.717) is 10.6 Å². The molecule has 1 atom stereocenters. The monoisotopic (exact) mass is 279 g/mol. The van der Waals surface area contributed by atoms with E-state index < -0.39 is 10.8 Å². The molecular formula is C13H13NO2S2. The summed E-state index contributed by atoms with van der Waals surface area (Å²) in [7, 11) is -0.927. The first-order valence-corrected chi connectivity index (χ1v) is 8.00. The number of benzene rings is 1. The fourth-order valence-corrected chi connectivity index (χ4v) is 2.89. The summed E-state index contributed by atoms with van der Waals surface area (Å²) >= 11 is 1.40. The van der Waals surface area contributed by atoms with Crippen molar-refractivity contribution >= 4 is 33.7 Å². The molecule has 0 saturated carbocycles. The van der Waals surface area contributed by atoms with Gasteiger partial charge < -0.3 is 5.32 Å². The molecule has 1 aromatic heterocycles. The lowest BCUT2D eigenvalue weighted by Crippen LogP contribution is -2.12. The number of carbonyl (C=O) groups is 1. The highest BCUT2D eigenvalue weighted by Gasteiger charge is 2.10. The average molecular weight is 279 g/mol. The van der Waals surface area contributed by atoms with E-state index in [9.17, 15) is 9.00 Å². The standard InChI is InChI=1S/C13H13NO2S2/c1-18(16)9-10-5-2-3-6-11(10)14-13(15)12-7-4-8-17-12/h2-8H,9H2,1H3,(H,14,15). The Morgan fingerprint density at radius 2 is 2.06 bits per heavy atom. The Hall–Kier alpha value is -1.46. The first-order chi connectivity index (χ1) is 8.66. The zero-order chi connectivity index (χ0) is 13.0. The lowest BCUT2D eigenvalue weighted by Gasteiger charge is -2.09. The number of hydrogen-bond donors (Lipinski definition) is 1. The molecule has 18 heavy (non-hydrogen) atoms. The minimum Gasteiger partial charge on any atom is -0.321 e. The van der Waals surface area contributed by atoms with E-state index in [1.807, 2.05) is 35.7 Å². The van der Waals surface area contributed by atoms with Crippen molar-refractivity contribution in [1.29, 1.82) is 0 Å². The highest BCUT2D eigenvalue weighted by molar-refractivity contribution is 7.83. The van der Waals surface area contributed by atoms with Gasteiger partial charge in [0.25, 0.3) is 5.91 Å². The SMILES string of the molecule is CS(=O)Cc1ccccc1NC(=O)c1cccs1. The Morgan fingerprint density at radius 1 is 1.28 bits per heavy atom. The van der Waals surface area contributed by atoms with Gasteiger partial charge in [0.15, 0.2) is 0 Å². The van der Waals surface area contributed by atoms with Crippen LogP contribution in [0, 0.1) is 0 Å². The van der Waals surface area contributed by atoms with Crippen molar-refractivity contribution in [3.63, 3.8) is 0 Å². The maximum atomic E-state index is 11.9. The van der Waals surface area contributed by atoms with Gasteiger partial charge in [0.2, 0.25) is 0 Å². The molecule has 1 unspecified atom stereocenters. The maximum Gasteiger partial charge on any atom is 0.265 e. The van der Waals surface area contributed by atoms with Crippen molar-refractivity contribution in [2.75, 3.05) is 11.6 Å². The summed E-state index contributed by atoms with van der Waals surface area (Å²) in [6.07, 6.45) is 1.65. The Kier molecular flexibility index (Phi) is 4.28. The Bertz CT molecular complexity index is 564. The Balaban J connectivity index is 2.18. The van der Waals surface area contributed by atoms with E-state index in [1.165, 1.54) is 11.3 Å². The van der Waals surface area contributed by atoms with Crippen LogP contribution >= 0.6 is 11.3 Å². The molecule has 1 heterocycles. The lowest BCUT2D eigenvalue weighted by molar-refractivity contribution is 0.103. The Labute approximate surface area is 112 Å². The van der Waals surface area contributed by atoms with Gasteiger partial charge in [-0.1, -0.05) is 24.3 Å². The normalized spacial score (nSPS) is 12.1. The van der Waals surface area contributed by atoms with E-state index in [2.05, 4.69) is 5.32 Å². The number of anilines is 1. The number of hydrogen-bond acceptors (Lipinski definition) is 3. The Morgan fingerprint density at radius 3 is 2.72 bits per heavy atom. The topological polar surface area (TPSA) is 46.2 Å². The molecule has 2 rings (SSSR count). The number of thiophene rings is 1. The molecule has 0 aliphatic rings. The summed E-state index contributed by atoms with van der Waals surface area (Å²) in [6, 6.07) is 11.1. The first kappa shape index (κ1) is 13.0. The van der Waals surface area contributed by atoms with Crippen molar-refractivity contribution in [2.45, 2.75) is 5.75 Å². The average Bonchev–Trinajstić information content (AvgIpc) is 2.84. The van der Waals surface area contributed by atoms with E-state index >= 15 is 0 Å². The number of nitrogens with one attached hydrogen (secondary N) is 1. The van der Waals surface area contributed by atoms with Crippen LogP contribution in [-0.4, -0.2) is 16.4 Å². The van der Waals surface area contributed by atoms with Crippen molar-refractivity contribution < 1.29 is 9.00 Å². The highest BCUT2D eigenvalue weighted by Crippen LogP contribution is 2.19. The molecule has 0 radical (unpaired) electrons. The second-order valence-electron chi connectivity index (χ2n) is 3.81. The predicted octanol–water partition coefficient (Wildman–Crippen LogP) is 2.88. The molecule has 1 amide bonds. The van der Waals surface area contributed by atoms with Gasteiger partial charge in [-0.15, -0.1) is 11.3 Å². The largest absolute Gasteiger partial charge is 0.321 e. The second-order valence-corrected chi connectivity index (χ2v) is 6.19. The van der Waals surface area contributed by atoms with Crippen LogP contribution < -0.4 is 5.32 Å². The minimum absolute atomic E-state index is 0.126. The molecule has 0 fully saturated rings. The van der Waals surface area contributed by atoms with Crippen LogP contribution in [0.3, 0.4) is 0 Å². The highest BCUT2D eigenvalue weighted by atomic mass is 32.2. The van der Waals surface area contributed by atoms with Gasteiger partial charge in [0.1, 0.15) is 0 Å². The van der Waals surface area contributed by atoms with Gasteiger partial charge in [-0.2, -0.15) is 0 Å². The summed E-state index contributed by atoms with van der Waals surface area (Å²) in [6.45, 7) is 0. The molecule has 0 saturated heterocycles. The number of rotatable bonds is 4. The van der Waals surface area contributed by atoms with Crippen LogP contribution in [0.2, 0.25) is 0 Å². The van der Waals surface area contributed by atoms with Crippen molar-refractivity contribution in [2.24, 2.45) is 0 Å². The zero-order valence-electron chi connectivity index (χ0n) is 9.88. The molecule has 1 aromatic carbocycles. The van der Waals surface area contributed by atoms with Gasteiger partial charge in [-0.05, 0) is 23.1 Å². The molecule has 0 spiro atoms. The molecular weight excluding hydrogens is 266 g/mol. The summed E-state index contributed by atoms with van der Waals surface area (Å²) in [5.74, 6) is 0.320. The maximum absolute atomic E-state index is 11.9. The number of para-hydroxylation sites is 1. The fourth-order valence-electron chi connectivity index (χ4n) is 1.58. The van der Waals surface area contributed by atoms with Gasteiger partial charge in [-0.25, -0.2) is 0 Å². The molecule has 0 bridgehead atoms. The third kappa shape index (κ3) is 3.27. The van der Waals surface area contributed by atoms with Crippen LogP contribution in [-0.2, 0) is 16.6 Å². The molecule has 2 aromatic rings. The van der Waals surface area contributed by atoms with Gasteiger partial charge in [0.05, 0.1) is 10.6 Å². The minimum atomic E-state index is -0.927. The van der Waals surface area contributed by atoms with E-state index in [0.717, 1.165) is 11.3 Å². The van der Waals surface area contributed by atoms with Crippen LogP contribution in [0.15, 0.2) is 41.8 Å². The molecule has 0 aliphatic carbocycles. The molecule has 94 valence electrons. The van der Waals surface area contributed by atoms with Crippen LogP contribution in [0.25, 0.3) is 0 Å². The summed E-state index contributed by atoms with van der Waals surface area (Å²) in [4.78, 5) is 12.6. The first-order valence-electron chi connectivity index (χ1n) is 5.39. The second kappa shape index (κ2) is 5.93. The lowest BCUT2D eigenvalue weighted by atomic mass is 10.2. The summed E-state index contributed by atoms with van der Waals surface area (Å²) in [5, 5.41) is 4.72. The molecule has 3 nitrogen and oxygen atoms in total. The third-order valence-electron chi connectivity index (χ3n) is 2.37. The van der Waals surface area contributed by atoms with E-state index in [4.69, 9.17) is 0 Å². The zero-order valence-corrected chi connectivity index (χ0v) is 11.5. The van der Waals surface area contributed by atoms with Crippen molar-refractivity contribution in [1.82, 2.24) is 0 Å². The fraction of sp³-hybridized carbons (Fsp3) is 0.154. The predicted molar refractivity (Wildman–Crippen MR) is 76.5 cm³/mol. The van der Waals surface area contributed by atoms with Crippen molar-refractivity contribution in [3.05, 3.63) is 52.2 Å². The smallest absolute Gasteiger partial charge is 0.265 e. The quantitative estimate of drug-likeness (QED) is 0.935. The van der Waals surface area contributed by atoms with Gasteiger partial charge >= 0.3 is 0 Å². The number of amides is 1.